The number of para-hydroxylation sites is 1. The van der Waals surface area contributed by atoms with E-state index >= 15 is 0 Å². The third-order valence-electron chi connectivity index (χ3n) is 5.71. The van der Waals surface area contributed by atoms with Crippen LogP contribution in [0, 0.1) is 13.8 Å². The fourth-order valence-corrected chi connectivity index (χ4v) is 3.91. The molecule has 0 aliphatic heterocycles. The SMILES string of the molecule is COC(=O)C(Cc1c[nH]c2ccccc12)N(C(N)=Nc1ccc(C)cc1)c1ccc(C)cc1. The second-order valence-corrected chi connectivity index (χ2v) is 8.11. The fraction of sp³-hybridized carbons (Fsp3) is 0.185. The number of methoxy groups -OCH3 is 1. The second kappa shape index (κ2) is 9.61. The Bertz CT molecular complexity index is 1270. The van der Waals surface area contributed by atoms with Gasteiger partial charge in [0.2, 0.25) is 5.96 Å². The average Bonchev–Trinajstić information content (AvgIpc) is 3.23. The topological polar surface area (TPSA) is 83.7 Å². The molecule has 0 aliphatic rings. The summed E-state index contributed by atoms with van der Waals surface area (Å²) < 4.78 is 5.21. The Hall–Kier alpha value is -4.06. The van der Waals surface area contributed by atoms with Crippen molar-refractivity contribution in [3.05, 3.63) is 95.7 Å². The number of guanidine groups is 1. The van der Waals surface area contributed by atoms with Gasteiger partial charge in [-0.2, -0.15) is 0 Å². The summed E-state index contributed by atoms with van der Waals surface area (Å²) >= 11 is 0. The van der Waals surface area contributed by atoms with Crippen LogP contribution < -0.4 is 10.6 Å². The van der Waals surface area contributed by atoms with Crippen LogP contribution in [0.4, 0.5) is 11.4 Å². The highest BCUT2D eigenvalue weighted by Gasteiger charge is 2.31. The first-order valence-electron chi connectivity index (χ1n) is 10.9. The smallest absolute Gasteiger partial charge is 0.329 e. The first-order chi connectivity index (χ1) is 16.0. The number of aromatic nitrogens is 1. The Morgan fingerprint density at radius 1 is 1.00 bits per heavy atom. The van der Waals surface area contributed by atoms with Gasteiger partial charge in [0.15, 0.2) is 0 Å². The second-order valence-electron chi connectivity index (χ2n) is 8.11. The standard InChI is InChI=1S/C27H28N4O2/c1-18-8-12-21(13-9-18)30-27(28)31(22-14-10-19(2)11-15-22)25(26(32)33-3)16-20-17-29-24-7-5-4-6-23(20)24/h4-15,17,25,29H,16H2,1-3H3,(H2,28,30). The van der Waals surface area contributed by atoms with E-state index in [4.69, 9.17) is 10.5 Å². The molecule has 3 N–H and O–H groups in total. The van der Waals surface area contributed by atoms with Gasteiger partial charge in [-0.3, -0.25) is 4.90 Å². The maximum Gasteiger partial charge on any atom is 0.329 e. The number of benzene rings is 3. The fourth-order valence-electron chi connectivity index (χ4n) is 3.91. The van der Waals surface area contributed by atoms with Gasteiger partial charge in [-0.15, -0.1) is 0 Å². The number of fused-ring (bicyclic) bond motifs is 1. The molecule has 0 aliphatic carbocycles. The maximum atomic E-state index is 13.1. The Labute approximate surface area is 193 Å². The number of hydrogen-bond acceptors (Lipinski definition) is 3. The summed E-state index contributed by atoms with van der Waals surface area (Å²) in [5, 5.41) is 1.06. The lowest BCUT2D eigenvalue weighted by Crippen LogP contribution is -2.50. The van der Waals surface area contributed by atoms with Crippen molar-refractivity contribution < 1.29 is 9.53 Å². The van der Waals surface area contributed by atoms with E-state index in [2.05, 4.69) is 9.98 Å². The summed E-state index contributed by atoms with van der Waals surface area (Å²) in [4.78, 5) is 22.7. The van der Waals surface area contributed by atoms with Crippen LogP contribution >= 0.6 is 0 Å². The number of nitrogens with two attached hydrogens (primary N) is 1. The quantitative estimate of drug-likeness (QED) is 0.250. The zero-order valence-electron chi connectivity index (χ0n) is 19.1. The van der Waals surface area contributed by atoms with E-state index in [0.717, 1.165) is 33.3 Å². The van der Waals surface area contributed by atoms with E-state index in [0.29, 0.717) is 12.1 Å². The molecule has 0 fully saturated rings. The van der Waals surface area contributed by atoms with Crippen molar-refractivity contribution in [3.8, 4) is 0 Å². The number of ether oxygens (including phenoxy) is 1. The molecule has 0 amide bonds. The Kier molecular flexibility index (Phi) is 6.45. The lowest BCUT2D eigenvalue weighted by molar-refractivity contribution is -0.141. The van der Waals surface area contributed by atoms with E-state index in [1.807, 2.05) is 92.8 Å². The van der Waals surface area contributed by atoms with E-state index in [1.54, 1.807) is 4.90 Å². The van der Waals surface area contributed by atoms with E-state index < -0.39 is 6.04 Å². The average molecular weight is 441 g/mol. The van der Waals surface area contributed by atoms with E-state index in [9.17, 15) is 4.79 Å². The highest BCUT2D eigenvalue weighted by atomic mass is 16.5. The Morgan fingerprint density at radius 3 is 2.30 bits per heavy atom. The van der Waals surface area contributed by atoms with Gasteiger partial charge in [-0.25, -0.2) is 9.79 Å². The zero-order chi connectivity index (χ0) is 23.4. The van der Waals surface area contributed by atoms with Crippen LogP contribution in [0.25, 0.3) is 10.9 Å². The molecule has 33 heavy (non-hydrogen) atoms. The Balaban J connectivity index is 1.80. The molecule has 0 bridgehead atoms. The normalized spacial score (nSPS) is 12.5. The van der Waals surface area contributed by atoms with Crippen molar-refractivity contribution in [1.29, 1.82) is 0 Å². The van der Waals surface area contributed by atoms with Crippen LogP contribution in [0.15, 0.2) is 84.0 Å². The van der Waals surface area contributed by atoms with Crippen molar-refractivity contribution in [2.75, 3.05) is 12.0 Å². The third-order valence-corrected chi connectivity index (χ3v) is 5.71. The molecular formula is C27H28N4O2. The maximum absolute atomic E-state index is 13.1. The minimum atomic E-state index is -0.703. The zero-order valence-corrected chi connectivity index (χ0v) is 19.1. The van der Waals surface area contributed by atoms with Crippen LogP contribution in [0.3, 0.4) is 0 Å². The number of carbonyl (C=O) groups excluding carboxylic acids is 1. The summed E-state index contributed by atoms with van der Waals surface area (Å²) in [6, 6.07) is 22.9. The van der Waals surface area contributed by atoms with Gasteiger partial charge in [0, 0.05) is 29.2 Å². The molecule has 1 heterocycles. The predicted molar refractivity (Wildman–Crippen MR) is 134 cm³/mol. The van der Waals surface area contributed by atoms with Crippen LogP contribution in [-0.4, -0.2) is 30.1 Å². The molecular weight excluding hydrogens is 412 g/mol. The minimum absolute atomic E-state index is 0.220. The Morgan fingerprint density at radius 2 is 1.64 bits per heavy atom. The highest BCUT2D eigenvalue weighted by molar-refractivity contribution is 6.02. The van der Waals surface area contributed by atoms with Crippen LogP contribution in [0.1, 0.15) is 16.7 Å². The number of nitrogens with zero attached hydrogens (tertiary/aromatic N) is 2. The summed E-state index contributed by atoms with van der Waals surface area (Å²) in [5.41, 5.74) is 12.3. The summed E-state index contributed by atoms with van der Waals surface area (Å²) in [7, 11) is 1.39. The number of aromatic amines is 1. The first-order valence-corrected chi connectivity index (χ1v) is 10.9. The van der Waals surface area contributed by atoms with Gasteiger partial charge in [-0.1, -0.05) is 53.6 Å². The molecule has 0 radical (unpaired) electrons. The number of aliphatic imine (C=N–C) groups is 1. The molecule has 3 aromatic carbocycles. The van der Waals surface area contributed by atoms with Gasteiger partial charge in [0.25, 0.3) is 0 Å². The summed E-state index contributed by atoms with van der Waals surface area (Å²) in [5.74, 6) is -0.166. The predicted octanol–water partition coefficient (Wildman–Crippen LogP) is 5.02. The largest absolute Gasteiger partial charge is 0.467 e. The van der Waals surface area contributed by atoms with E-state index in [-0.39, 0.29) is 11.9 Å². The number of anilines is 1. The minimum Gasteiger partial charge on any atom is -0.467 e. The molecule has 0 spiro atoms. The monoisotopic (exact) mass is 440 g/mol. The summed E-state index contributed by atoms with van der Waals surface area (Å²) in [6.45, 7) is 4.03. The lowest BCUT2D eigenvalue weighted by atomic mass is 10.0. The number of nitrogens with one attached hydrogen (secondary N) is 1. The number of esters is 1. The van der Waals surface area contributed by atoms with Crippen molar-refractivity contribution in [1.82, 2.24) is 4.98 Å². The van der Waals surface area contributed by atoms with Crippen LogP contribution in [-0.2, 0) is 16.0 Å². The number of carbonyl (C=O) groups is 1. The highest BCUT2D eigenvalue weighted by Crippen LogP contribution is 2.26. The number of hydrogen-bond donors (Lipinski definition) is 2. The molecule has 0 saturated carbocycles. The molecule has 168 valence electrons. The van der Waals surface area contributed by atoms with Gasteiger partial charge in [0.1, 0.15) is 6.04 Å². The lowest BCUT2D eigenvalue weighted by Gasteiger charge is -2.31. The first kappa shape index (κ1) is 22.1. The molecule has 1 unspecified atom stereocenters. The van der Waals surface area contributed by atoms with Gasteiger partial charge in [0.05, 0.1) is 12.8 Å². The molecule has 4 rings (SSSR count). The van der Waals surface area contributed by atoms with Crippen molar-refractivity contribution in [2.24, 2.45) is 10.7 Å². The molecule has 6 nitrogen and oxygen atoms in total. The molecule has 1 atom stereocenters. The van der Waals surface area contributed by atoms with Gasteiger partial charge >= 0.3 is 5.97 Å². The van der Waals surface area contributed by atoms with Crippen molar-refractivity contribution in [3.63, 3.8) is 0 Å². The number of rotatable bonds is 6. The molecule has 4 aromatic rings. The number of H-pyrrole nitrogens is 1. The van der Waals surface area contributed by atoms with Crippen LogP contribution in [0.2, 0.25) is 0 Å². The van der Waals surface area contributed by atoms with Crippen LogP contribution in [0.5, 0.6) is 0 Å². The number of aryl methyl sites for hydroxylation is 2. The molecule has 1 aromatic heterocycles. The summed E-state index contributed by atoms with van der Waals surface area (Å²) in [6.07, 6.45) is 2.33. The molecule has 6 heteroatoms. The van der Waals surface area contributed by atoms with Crippen molar-refractivity contribution >= 4 is 34.2 Å². The van der Waals surface area contributed by atoms with Gasteiger partial charge in [-0.05, 0) is 49.7 Å². The van der Waals surface area contributed by atoms with Crippen molar-refractivity contribution in [2.45, 2.75) is 26.3 Å². The molecule has 0 saturated heterocycles. The third kappa shape index (κ3) is 4.90. The van der Waals surface area contributed by atoms with E-state index in [1.165, 1.54) is 7.11 Å². The van der Waals surface area contributed by atoms with Gasteiger partial charge < -0.3 is 15.5 Å².